The highest BCUT2D eigenvalue weighted by atomic mass is 19.1. The second-order valence-electron chi connectivity index (χ2n) is 12.5. The molecule has 4 aromatic rings. The molecule has 0 atom stereocenters. The summed E-state index contributed by atoms with van der Waals surface area (Å²) in [6, 6.07) is 13.6. The molecular formula is C37H39FN4O6. The molecule has 6 rings (SSSR count). The molecule has 0 aliphatic heterocycles. The number of amides is 2. The number of hydrogen-bond acceptors (Lipinski definition) is 6. The largest absolute Gasteiger partial charge is 0.490 e. The molecule has 2 saturated carbocycles. The van der Waals surface area contributed by atoms with E-state index >= 15 is 0 Å². The molecule has 48 heavy (non-hydrogen) atoms. The van der Waals surface area contributed by atoms with Crippen LogP contribution < -0.4 is 15.4 Å². The normalized spacial score (nSPS) is 16.0. The molecule has 0 spiro atoms. The van der Waals surface area contributed by atoms with Crippen LogP contribution in [0.1, 0.15) is 78.8 Å². The predicted octanol–water partition coefficient (Wildman–Crippen LogP) is 6.83. The van der Waals surface area contributed by atoms with E-state index in [0.29, 0.717) is 53.6 Å². The van der Waals surface area contributed by atoms with Crippen LogP contribution in [0.2, 0.25) is 0 Å². The number of H-pyrrole nitrogens is 1. The maximum Gasteiger partial charge on any atom is 0.328 e. The summed E-state index contributed by atoms with van der Waals surface area (Å²) >= 11 is 0. The van der Waals surface area contributed by atoms with Gasteiger partial charge >= 0.3 is 5.97 Å². The number of carbonyl (C=O) groups is 3. The molecule has 10 nitrogen and oxygen atoms in total. The minimum Gasteiger partial charge on any atom is -0.490 e. The van der Waals surface area contributed by atoms with Crippen molar-refractivity contribution in [3.8, 4) is 17.1 Å². The van der Waals surface area contributed by atoms with Crippen molar-refractivity contribution in [1.29, 1.82) is 0 Å². The average molecular weight is 655 g/mol. The molecule has 0 radical (unpaired) electrons. The number of nitrogens with one attached hydrogen (secondary N) is 3. The Hall–Kier alpha value is -5.03. The summed E-state index contributed by atoms with van der Waals surface area (Å²) in [5, 5.41) is 16.0. The molecule has 2 amide bonds. The van der Waals surface area contributed by atoms with Gasteiger partial charge in [0, 0.05) is 47.0 Å². The summed E-state index contributed by atoms with van der Waals surface area (Å²) < 4.78 is 24.6. The van der Waals surface area contributed by atoms with E-state index in [0.717, 1.165) is 60.3 Å². The van der Waals surface area contributed by atoms with Crippen LogP contribution in [0.3, 0.4) is 0 Å². The van der Waals surface area contributed by atoms with Crippen molar-refractivity contribution in [3.63, 3.8) is 0 Å². The Bertz CT molecular complexity index is 1840. The summed E-state index contributed by atoms with van der Waals surface area (Å²) in [5.41, 5.74) is 3.75. The number of nitrogens with zero attached hydrogens (tertiary/aromatic N) is 1. The van der Waals surface area contributed by atoms with E-state index in [9.17, 15) is 18.8 Å². The zero-order valence-electron chi connectivity index (χ0n) is 26.8. The number of carboxylic acid groups (broad SMARTS) is 1. The summed E-state index contributed by atoms with van der Waals surface area (Å²) in [6.07, 6.45) is 11.0. The second-order valence-corrected chi connectivity index (χ2v) is 12.5. The van der Waals surface area contributed by atoms with Gasteiger partial charge in [0.05, 0.1) is 24.2 Å². The molecule has 11 heteroatoms. The zero-order valence-corrected chi connectivity index (χ0v) is 26.8. The molecule has 4 N–H and O–H groups in total. The number of methoxy groups -OCH3 is 1. The number of carboxylic acids is 1. The molecule has 2 aromatic heterocycles. The maximum atomic E-state index is 13.7. The average Bonchev–Trinajstić information content (AvgIpc) is 3.45. The number of ether oxygens (including phenoxy) is 2. The van der Waals surface area contributed by atoms with Crippen molar-refractivity contribution >= 4 is 40.4 Å². The third-order valence-electron chi connectivity index (χ3n) is 9.31. The van der Waals surface area contributed by atoms with Crippen LogP contribution in [-0.4, -0.2) is 58.7 Å². The molecule has 2 aliphatic carbocycles. The van der Waals surface area contributed by atoms with Gasteiger partial charge in [-0.2, -0.15) is 0 Å². The number of anilines is 1. The van der Waals surface area contributed by atoms with Gasteiger partial charge in [0.25, 0.3) is 5.91 Å². The number of fused-ring (bicyclic) bond motifs is 1. The number of aromatic nitrogens is 2. The predicted molar refractivity (Wildman–Crippen MR) is 180 cm³/mol. The number of benzene rings is 2. The third-order valence-corrected chi connectivity index (χ3v) is 9.31. The molecular weight excluding hydrogens is 615 g/mol. The van der Waals surface area contributed by atoms with Crippen LogP contribution in [0, 0.1) is 5.82 Å². The number of pyridine rings is 1. The Morgan fingerprint density at radius 3 is 2.54 bits per heavy atom. The van der Waals surface area contributed by atoms with Crippen molar-refractivity contribution in [1.82, 2.24) is 15.3 Å². The van der Waals surface area contributed by atoms with Crippen LogP contribution in [-0.2, 0) is 14.3 Å². The lowest BCUT2D eigenvalue weighted by Gasteiger charge is -2.40. The molecule has 2 fully saturated rings. The van der Waals surface area contributed by atoms with Gasteiger partial charge < -0.3 is 30.2 Å². The van der Waals surface area contributed by atoms with Crippen molar-refractivity contribution < 1.29 is 33.4 Å². The molecule has 0 unspecified atom stereocenters. The van der Waals surface area contributed by atoms with Crippen LogP contribution in [0.15, 0.2) is 60.8 Å². The quantitative estimate of drug-likeness (QED) is 0.0969. The smallest absolute Gasteiger partial charge is 0.328 e. The monoisotopic (exact) mass is 654 g/mol. The highest BCUT2D eigenvalue weighted by Gasteiger charge is 2.45. The van der Waals surface area contributed by atoms with Gasteiger partial charge in [-0.15, -0.1) is 0 Å². The van der Waals surface area contributed by atoms with Gasteiger partial charge in [0.1, 0.15) is 23.7 Å². The maximum absolute atomic E-state index is 13.7. The summed E-state index contributed by atoms with van der Waals surface area (Å²) in [7, 11) is 1.55. The zero-order chi connectivity index (χ0) is 33.7. The standard InChI is InChI=1S/C37H39FN4O6/c1-47-18-19-48-31-21-27(12-8-23(31)10-15-32(43)44)40-36(46)37(16-5-17-37)42-35(45)25-9-13-28-30(20-25)41-34(29-14-11-26(38)22-39-29)33(28)24-6-3-2-4-7-24/h8-15,20-22,24,41H,2-7,16-19H2,1H3,(H,40,46)(H,42,45)(H,43,44)/b15-10+. The molecule has 0 saturated heterocycles. The van der Waals surface area contributed by atoms with Crippen molar-refractivity contribution in [2.75, 3.05) is 25.6 Å². The molecule has 250 valence electrons. The van der Waals surface area contributed by atoms with Crippen LogP contribution in [0.5, 0.6) is 5.75 Å². The first kappa shape index (κ1) is 32.9. The minimum atomic E-state index is -1.09. The summed E-state index contributed by atoms with van der Waals surface area (Å²) in [4.78, 5) is 46.2. The molecule has 2 aliphatic rings. The van der Waals surface area contributed by atoms with Crippen LogP contribution >= 0.6 is 0 Å². The summed E-state index contributed by atoms with van der Waals surface area (Å²) in [6.45, 7) is 0.561. The van der Waals surface area contributed by atoms with Crippen molar-refractivity contribution in [3.05, 3.63) is 83.3 Å². The third kappa shape index (κ3) is 7.11. The fourth-order valence-electron chi connectivity index (χ4n) is 6.65. The van der Waals surface area contributed by atoms with Crippen LogP contribution in [0.4, 0.5) is 10.1 Å². The van der Waals surface area contributed by atoms with Gasteiger partial charge in [0.2, 0.25) is 5.91 Å². The second kappa shape index (κ2) is 14.4. The van der Waals surface area contributed by atoms with Gasteiger partial charge in [-0.05, 0) is 86.1 Å². The van der Waals surface area contributed by atoms with Crippen LogP contribution in [0.25, 0.3) is 28.4 Å². The Morgan fingerprint density at radius 2 is 1.85 bits per heavy atom. The van der Waals surface area contributed by atoms with Crippen molar-refractivity contribution in [2.24, 2.45) is 0 Å². The fraction of sp³-hybridized carbons (Fsp3) is 0.351. The Kier molecular flexibility index (Phi) is 9.86. The van der Waals surface area contributed by atoms with Gasteiger partial charge in [-0.3, -0.25) is 14.6 Å². The van der Waals surface area contributed by atoms with Gasteiger partial charge in [-0.1, -0.05) is 25.3 Å². The van der Waals surface area contributed by atoms with E-state index in [1.54, 1.807) is 43.5 Å². The number of hydrogen-bond donors (Lipinski definition) is 4. The Balaban J connectivity index is 1.23. The highest BCUT2D eigenvalue weighted by Crippen LogP contribution is 2.42. The number of rotatable bonds is 12. The summed E-state index contributed by atoms with van der Waals surface area (Å²) in [5.74, 6) is -1.48. The van der Waals surface area contributed by atoms with E-state index < -0.39 is 17.3 Å². The van der Waals surface area contributed by atoms with E-state index in [4.69, 9.17) is 14.6 Å². The van der Waals surface area contributed by atoms with E-state index in [-0.39, 0.29) is 18.4 Å². The van der Waals surface area contributed by atoms with E-state index in [1.165, 1.54) is 24.8 Å². The first-order chi connectivity index (χ1) is 23.3. The SMILES string of the molecule is COCCOc1cc(NC(=O)C2(NC(=O)c3ccc4c(C5CCCCC5)c(-c5ccc(F)cn5)[nH]c4c3)CCC2)ccc1/C=C/C(=O)O. The van der Waals surface area contributed by atoms with Crippen molar-refractivity contribution in [2.45, 2.75) is 62.8 Å². The topological polar surface area (TPSA) is 143 Å². The Morgan fingerprint density at radius 1 is 1.04 bits per heavy atom. The number of aromatic amines is 1. The minimum absolute atomic E-state index is 0.233. The lowest BCUT2D eigenvalue weighted by molar-refractivity contribution is -0.131. The molecule has 2 heterocycles. The fourth-order valence-corrected chi connectivity index (χ4v) is 6.65. The van der Waals surface area contributed by atoms with Gasteiger partial charge in [0.15, 0.2) is 0 Å². The number of halogens is 1. The van der Waals surface area contributed by atoms with E-state index in [2.05, 4.69) is 20.6 Å². The molecule has 2 aromatic carbocycles. The number of aliphatic carboxylic acids is 1. The first-order valence-electron chi connectivity index (χ1n) is 16.3. The lowest BCUT2D eigenvalue weighted by Crippen LogP contribution is -2.61. The van der Waals surface area contributed by atoms with Gasteiger partial charge in [-0.25, -0.2) is 9.18 Å². The highest BCUT2D eigenvalue weighted by molar-refractivity contribution is 6.06. The molecule has 0 bridgehead atoms. The first-order valence-corrected chi connectivity index (χ1v) is 16.3. The van der Waals surface area contributed by atoms with E-state index in [1.807, 2.05) is 6.07 Å². The lowest BCUT2D eigenvalue weighted by atomic mass is 9.75. The number of carbonyl (C=O) groups excluding carboxylic acids is 2. The Labute approximate surface area is 277 Å².